The van der Waals surface area contributed by atoms with Gasteiger partial charge in [-0.25, -0.2) is 4.79 Å². The first kappa shape index (κ1) is 19.0. The quantitative estimate of drug-likeness (QED) is 0.608. The van der Waals surface area contributed by atoms with Crippen molar-refractivity contribution in [3.05, 3.63) is 48.4 Å². The number of furan rings is 1. The van der Waals surface area contributed by atoms with Crippen LogP contribution in [0.2, 0.25) is 0 Å². The molecule has 0 unspecified atom stereocenters. The summed E-state index contributed by atoms with van der Waals surface area (Å²) in [5.74, 6) is 0.0343. The van der Waals surface area contributed by atoms with E-state index in [1.165, 1.54) is 6.26 Å². The van der Waals surface area contributed by atoms with Crippen molar-refractivity contribution in [2.45, 2.75) is 20.4 Å². The molecule has 0 aliphatic rings. The van der Waals surface area contributed by atoms with Crippen LogP contribution in [0.4, 0.5) is 16.2 Å². The molecule has 0 fully saturated rings. The minimum atomic E-state index is -0.523. The molecule has 0 radical (unpaired) electrons. The highest BCUT2D eigenvalue weighted by Gasteiger charge is 2.09. The van der Waals surface area contributed by atoms with Gasteiger partial charge < -0.3 is 25.7 Å². The van der Waals surface area contributed by atoms with Crippen molar-refractivity contribution >= 4 is 29.2 Å². The van der Waals surface area contributed by atoms with E-state index in [4.69, 9.17) is 4.42 Å². The Balaban J connectivity index is 1.76. The van der Waals surface area contributed by atoms with Gasteiger partial charge in [0.2, 0.25) is 11.8 Å². The lowest BCUT2D eigenvalue weighted by molar-refractivity contribution is -0.120. The molecule has 0 bridgehead atoms. The van der Waals surface area contributed by atoms with Gasteiger partial charge in [0.05, 0.1) is 19.4 Å². The molecule has 0 spiro atoms. The molecule has 4 N–H and O–H groups in total. The van der Waals surface area contributed by atoms with Crippen LogP contribution in [-0.4, -0.2) is 24.4 Å². The van der Waals surface area contributed by atoms with Crippen molar-refractivity contribution in [2.75, 3.05) is 17.2 Å². The molecular formula is C18H22N4O4. The maximum absolute atomic E-state index is 11.9. The number of amides is 4. The minimum absolute atomic E-state index is 0.111. The van der Waals surface area contributed by atoms with Gasteiger partial charge in [0.15, 0.2) is 0 Å². The summed E-state index contributed by atoms with van der Waals surface area (Å²) in [6.07, 6.45) is 1.52. The fraction of sp³-hybridized carbons (Fsp3) is 0.278. The Kier molecular flexibility index (Phi) is 6.78. The lowest BCUT2D eigenvalue weighted by Crippen LogP contribution is -2.38. The Labute approximate surface area is 151 Å². The van der Waals surface area contributed by atoms with E-state index >= 15 is 0 Å². The minimum Gasteiger partial charge on any atom is -0.467 e. The van der Waals surface area contributed by atoms with Gasteiger partial charge in [-0.2, -0.15) is 0 Å². The molecule has 1 aromatic heterocycles. The molecule has 2 aromatic rings. The first-order valence-corrected chi connectivity index (χ1v) is 8.19. The third-order valence-corrected chi connectivity index (χ3v) is 3.36. The van der Waals surface area contributed by atoms with Gasteiger partial charge in [-0.15, -0.1) is 0 Å². The summed E-state index contributed by atoms with van der Waals surface area (Å²) < 4.78 is 5.10. The van der Waals surface area contributed by atoms with Gasteiger partial charge in [-0.05, 0) is 30.3 Å². The summed E-state index contributed by atoms with van der Waals surface area (Å²) in [4.78, 5) is 35.3. The molecule has 138 valence electrons. The number of carbonyl (C=O) groups excluding carboxylic acids is 3. The molecule has 0 aliphatic heterocycles. The van der Waals surface area contributed by atoms with Gasteiger partial charge in [0.25, 0.3) is 0 Å². The molecular weight excluding hydrogens is 336 g/mol. The van der Waals surface area contributed by atoms with Crippen LogP contribution in [0.3, 0.4) is 0 Å². The van der Waals surface area contributed by atoms with Crippen LogP contribution in [0.25, 0.3) is 0 Å². The van der Waals surface area contributed by atoms with Crippen molar-refractivity contribution in [3.63, 3.8) is 0 Å². The SMILES string of the molecule is CC(C)C(=O)Nc1cccc(NC(=O)NCC(=O)NCc2ccco2)c1. The number of benzene rings is 1. The van der Waals surface area contributed by atoms with E-state index in [1.807, 2.05) is 0 Å². The molecule has 8 nitrogen and oxygen atoms in total. The highest BCUT2D eigenvalue weighted by molar-refractivity contribution is 5.95. The predicted molar refractivity (Wildman–Crippen MR) is 97.5 cm³/mol. The van der Waals surface area contributed by atoms with E-state index < -0.39 is 6.03 Å². The van der Waals surface area contributed by atoms with Crippen molar-refractivity contribution < 1.29 is 18.8 Å². The number of nitrogens with one attached hydrogen (secondary N) is 4. The van der Waals surface area contributed by atoms with Crippen molar-refractivity contribution in [2.24, 2.45) is 5.92 Å². The Morgan fingerprint density at radius 1 is 1.00 bits per heavy atom. The number of hydrogen-bond acceptors (Lipinski definition) is 4. The zero-order valence-electron chi connectivity index (χ0n) is 14.7. The smallest absolute Gasteiger partial charge is 0.319 e. The van der Waals surface area contributed by atoms with E-state index in [2.05, 4.69) is 21.3 Å². The first-order chi connectivity index (χ1) is 12.4. The zero-order chi connectivity index (χ0) is 18.9. The molecule has 0 aliphatic carbocycles. The third-order valence-electron chi connectivity index (χ3n) is 3.36. The van der Waals surface area contributed by atoms with E-state index in [1.54, 1.807) is 50.2 Å². The van der Waals surface area contributed by atoms with Gasteiger partial charge in [-0.1, -0.05) is 19.9 Å². The normalized spacial score (nSPS) is 10.3. The summed E-state index contributed by atoms with van der Waals surface area (Å²) >= 11 is 0. The number of carbonyl (C=O) groups is 3. The van der Waals surface area contributed by atoms with E-state index in [0.29, 0.717) is 17.1 Å². The Hall–Kier alpha value is -3.29. The van der Waals surface area contributed by atoms with Crippen LogP contribution in [0.15, 0.2) is 47.1 Å². The monoisotopic (exact) mass is 358 g/mol. The summed E-state index contributed by atoms with van der Waals surface area (Å²) in [7, 11) is 0. The average Bonchev–Trinajstić information content (AvgIpc) is 3.12. The van der Waals surface area contributed by atoms with Gasteiger partial charge in [-0.3, -0.25) is 9.59 Å². The van der Waals surface area contributed by atoms with Gasteiger partial charge in [0, 0.05) is 17.3 Å². The lowest BCUT2D eigenvalue weighted by Gasteiger charge is -2.11. The Bertz CT molecular complexity index is 756. The lowest BCUT2D eigenvalue weighted by atomic mass is 10.2. The van der Waals surface area contributed by atoms with Crippen molar-refractivity contribution in [1.29, 1.82) is 0 Å². The standard InChI is InChI=1S/C18H22N4O4/c1-12(2)17(24)21-13-5-3-6-14(9-13)22-18(25)20-11-16(23)19-10-15-7-4-8-26-15/h3-9,12H,10-11H2,1-2H3,(H,19,23)(H,21,24)(H2,20,22,25). The molecule has 8 heteroatoms. The number of anilines is 2. The molecule has 0 atom stereocenters. The maximum Gasteiger partial charge on any atom is 0.319 e. The molecule has 4 amide bonds. The second kappa shape index (κ2) is 9.26. The van der Waals surface area contributed by atoms with Crippen LogP contribution >= 0.6 is 0 Å². The van der Waals surface area contributed by atoms with Gasteiger partial charge in [0.1, 0.15) is 5.76 Å². The maximum atomic E-state index is 11.9. The van der Waals surface area contributed by atoms with E-state index in [9.17, 15) is 14.4 Å². The van der Waals surface area contributed by atoms with E-state index in [0.717, 1.165) is 0 Å². The van der Waals surface area contributed by atoms with Crippen LogP contribution in [0.5, 0.6) is 0 Å². The number of hydrogen-bond donors (Lipinski definition) is 4. The Morgan fingerprint density at radius 2 is 1.73 bits per heavy atom. The van der Waals surface area contributed by atoms with Crippen molar-refractivity contribution in [1.82, 2.24) is 10.6 Å². The first-order valence-electron chi connectivity index (χ1n) is 8.19. The highest BCUT2D eigenvalue weighted by Crippen LogP contribution is 2.15. The largest absolute Gasteiger partial charge is 0.467 e. The highest BCUT2D eigenvalue weighted by atomic mass is 16.3. The zero-order valence-corrected chi connectivity index (χ0v) is 14.7. The van der Waals surface area contributed by atoms with Crippen LogP contribution in [0, 0.1) is 5.92 Å². The molecule has 2 rings (SSSR count). The second-order valence-electron chi connectivity index (χ2n) is 5.89. The fourth-order valence-corrected chi connectivity index (χ4v) is 1.96. The summed E-state index contributed by atoms with van der Waals surface area (Å²) in [6, 6.07) is 9.70. The fourth-order valence-electron chi connectivity index (χ4n) is 1.96. The van der Waals surface area contributed by atoms with Gasteiger partial charge >= 0.3 is 6.03 Å². The van der Waals surface area contributed by atoms with Crippen LogP contribution in [0.1, 0.15) is 19.6 Å². The average molecular weight is 358 g/mol. The molecule has 0 saturated heterocycles. The molecule has 0 saturated carbocycles. The summed E-state index contributed by atoms with van der Waals surface area (Å²) in [5, 5.41) is 10.4. The third kappa shape index (κ3) is 6.31. The predicted octanol–water partition coefficient (Wildman–Crippen LogP) is 2.31. The number of rotatable bonds is 7. The van der Waals surface area contributed by atoms with Crippen LogP contribution < -0.4 is 21.3 Å². The van der Waals surface area contributed by atoms with E-state index in [-0.39, 0.29) is 30.8 Å². The summed E-state index contributed by atoms with van der Waals surface area (Å²) in [6.45, 7) is 3.67. The topological polar surface area (TPSA) is 112 Å². The molecule has 1 heterocycles. The molecule has 26 heavy (non-hydrogen) atoms. The second-order valence-corrected chi connectivity index (χ2v) is 5.89. The Morgan fingerprint density at radius 3 is 2.38 bits per heavy atom. The summed E-state index contributed by atoms with van der Waals surface area (Å²) in [5.41, 5.74) is 1.08. The molecule has 1 aromatic carbocycles. The number of urea groups is 1. The van der Waals surface area contributed by atoms with Crippen molar-refractivity contribution in [3.8, 4) is 0 Å². The van der Waals surface area contributed by atoms with Crippen LogP contribution in [-0.2, 0) is 16.1 Å².